The van der Waals surface area contributed by atoms with Crippen LogP contribution in [-0.2, 0) is 11.3 Å². The van der Waals surface area contributed by atoms with Gasteiger partial charge in [-0.2, -0.15) is 0 Å². The van der Waals surface area contributed by atoms with Gasteiger partial charge in [0.05, 0.1) is 5.92 Å². The summed E-state index contributed by atoms with van der Waals surface area (Å²) in [6, 6.07) is 16.5. The number of hydrogen-bond acceptors (Lipinski definition) is 5. The summed E-state index contributed by atoms with van der Waals surface area (Å²) in [5, 5.41) is 3.93. The lowest BCUT2D eigenvalue weighted by molar-refractivity contribution is -0.121. The lowest BCUT2D eigenvalue weighted by Gasteiger charge is -2.31. The van der Waals surface area contributed by atoms with Crippen LogP contribution in [0.15, 0.2) is 66.1 Å². The first-order chi connectivity index (χ1) is 15.1. The molecular formula is C25H28N4OS. The monoisotopic (exact) mass is 432 g/mol. The van der Waals surface area contributed by atoms with Gasteiger partial charge in [-0.05, 0) is 55.8 Å². The van der Waals surface area contributed by atoms with Crippen LogP contribution in [-0.4, -0.2) is 40.1 Å². The number of hydrogen-bond donors (Lipinski definition) is 1. The molecule has 0 spiro atoms. The fourth-order valence-electron chi connectivity index (χ4n) is 4.05. The van der Waals surface area contributed by atoms with E-state index in [0.29, 0.717) is 0 Å². The van der Waals surface area contributed by atoms with Crippen LogP contribution in [0.1, 0.15) is 24.0 Å². The Morgan fingerprint density at radius 1 is 1.13 bits per heavy atom. The second-order valence-corrected chi connectivity index (χ2v) is 8.87. The van der Waals surface area contributed by atoms with E-state index < -0.39 is 0 Å². The summed E-state index contributed by atoms with van der Waals surface area (Å²) in [6.45, 7) is 4.62. The van der Waals surface area contributed by atoms with E-state index in [1.807, 2.05) is 30.8 Å². The summed E-state index contributed by atoms with van der Waals surface area (Å²) < 4.78 is 0. The van der Waals surface area contributed by atoms with Crippen molar-refractivity contribution in [1.82, 2.24) is 14.9 Å². The molecule has 1 N–H and O–H groups in total. The minimum absolute atomic E-state index is 0.0113. The predicted molar refractivity (Wildman–Crippen MR) is 127 cm³/mol. The number of likely N-dealkylation sites (tertiary alicyclic amines) is 1. The van der Waals surface area contributed by atoms with E-state index in [0.717, 1.165) is 60.0 Å². The number of aromatic nitrogens is 2. The van der Waals surface area contributed by atoms with Gasteiger partial charge in [-0.25, -0.2) is 9.97 Å². The molecule has 1 saturated heterocycles. The molecular weight excluding hydrogens is 404 g/mol. The van der Waals surface area contributed by atoms with Gasteiger partial charge in [0.1, 0.15) is 0 Å². The average Bonchev–Trinajstić information content (AvgIpc) is 2.80. The third-order valence-corrected chi connectivity index (χ3v) is 6.20. The van der Waals surface area contributed by atoms with Crippen molar-refractivity contribution in [2.24, 2.45) is 5.92 Å². The minimum Gasteiger partial charge on any atom is -0.326 e. The molecule has 2 heterocycles. The van der Waals surface area contributed by atoms with Gasteiger partial charge in [0, 0.05) is 36.7 Å². The predicted octanol–water partition coefficient (Wildman–Crippen LogP) is 5.02. The number of benzene rings is 2. The van der Waals surface area contributed by atoms with Crippen molar-refractivity contribution < 1.29 is 4.79 Å². The summed E-state index contributed by atoms with van der Waals surface area (Å²) in [6.07, 6.45) is 7.69. The molecule has 1 aliphatic rings. The van der Waals surface area contributed by atoms with Crippen LogP contribution in [0.5, 0.6) is 0 Å². The van der Waals surface area contributed by atoms with E-state index in [1.54, 1.807) is 11.8 Å². The van der Waals surface area contributed by atoms with Crippen molar-refractivity contribution in [3.8, 4) is 11.1 Å². The Hall–Kier alpha value is -2.70. The van der Waals surface area contributed by atoms with Gasteiger partial charge in [0.25, 0.3) is 0 Å². The number of piperidine rings is 1. The zero-order valence-electron chi connectivity index (χ0n) is 18.0. The van der Waals surface area contributed by atoms with Crippen molar-refractivity contribution in [2.75, 3.05) is 24.7 Å². The Morgan fingerprint density at radius 3 is 2.61 bits per heavy atom. The maximum absolute atomic E-state index is 13.0. The highest BCUT2D eigenvalue weighted by Gasteiger charge is 2.26. The molecule has 1 aromatic heterocycles. The molecule has 0 saturated carbocycles. The largest absolute Gasteiger partial charge is 0.326 e. The van der Waals surface area contributed by atoms with Crippen LogP contribution >= 0.6 is 11.8 Å². The third-order valence-electron chi connectivity index (χ3n) is 5.63. The number of rotatable bonds is 6. The number of nitrogens with one attached hydrogen (secondary N) is 1. The van der Waals surface area contributed by atoms with Crippen molar-refractivity contribution in [3.05, 3.63) is 72.1 Å². The molecule has 0 bridgehead atoms. The molecule has 1 aliphatic heterocycles. The maximum Gasteiger partial charge on any atom is 0.228 e. The number of nitrogens with zero attached hydrogens (tertiary/aromatic N) is 3. The minimum atomic E-state index is -0.0113. The van der Waals surface area contributed by atoms with Crippen molar-refractivity contribution in [1.29, 1.82) is 0 Å². The molecule has 1 amide bonds. The van der Waals surface area contributed by atoms with Crippen molar-refractivity contribution in [3.63, 3.8) is 0 Å². The summed E-state index contributed by atoms with van der Waals surface area (Å²) in [4.78, 5) is 24.0. The Morgan fingerprint density at radius 2 is 1.87 bits per heavy atom. The Bertz CT molecular complexity index is 1040. The third kappa shape index (κ3) is 5.71. The van der Waals surface area contributed by atoms with Crippen molar-refractivity contribution in [2.45, 2.75) is 31.5 Å². The van der Waals surface area contributed by atoms with Gasteiger partial charge in [0.2, 0.25) is 5.91 Å². The molecule has 0 radical (unpaired) electrons. The zero-order chi connectivity index (χ0) is 21.6. The van der Waals surface area contributed by atoms with Gasteiger partial charge in [-0.3, -0.25) is 9.69 Å². The summed E-state index contributed by atoms with van der Waals surface area (Å²) in [7, 11) is 0. The highest BCUT2D eigenvalue weighted by Crippen LogP contribution is 2.25. The summed E-state index contributed by atoms with van der Waals surface area (Å²) in [5.41, 5.74) is 5.43. The molecule has 6 heteroatoms. The molecule has 4 rings (SSSR count). The number of thioether (sulfide) groups is 1. The van der Waals surface area contributed by atoms with E-state index in [4.69, 9.17) is 0 Å². The summed E-state index contributed by atoms with van der Waals surface area (Å²) in [5.74, 6) is 0.0860. The number of carbonyl (C=O) groups is 1. The van der Waals surface area contributed by atoms with Gasteiger partial charge < -0.3 is 5.32 Å². The SMILES string of the molecule is CSc1ncc(CN2CCCC(C(=O)Nc3cccc(-c4cccc(C)c4)c3)C2)cn1. The fraction of sp³-hybridized carbons (Fsp3) is 0.320. The first kappa shape index (κ1) is 21.5. The zero-order valence-corrected chi connectivity index (χ0v) is 18.9. The Kier molecular flexibility index (Phi) is 6.99. The molecule has 1 unspecified atom stereocenters. The van der Waals surface area contributed by atoms with Gasteiger partial charge >= 0.3 is 0 Å². The van der Waals surface area contributed by atoms with Crippen LogP contribution in [0.4, 0.5) is 5.69 Å². The Balaban J connectivity index is 1.38. The number of amides is 1. The quantitative estimate of drug-likeness (QED) is 0.438. The highest BCUT2D eigenvalue weighted by atomic mass is 32.2. The molecule has 2 aromatic carbocycles. The number of aryl methyl sites for hydroxylation is 1. The van der Waals surface area contributed by atoms with Crippen LogP contribution in [0.25, 0.3) is 11.1 Å². The molecule has 3 aromatic rings. The maximum atomic E-state index is 13.0. The first-order valence-corrected chi connectivity index (χ1v) is 11.9. The molecule has 31 heavy (non-hydrogen) atoms. The Labute approximate surface area is 188 Å². The standard InChI is InChI=1S/C25H28N4OS/c1-18-6-3-7-20(12-18)21-8-4-10-23(13-21)28-24(30)22-9-5-11-29(17-22)16-19-14-26-25(31-2)27-15-19/h3-4,6-8,10,12-15,22H,5,9,11,16-17H2,1-2H3,(H,28,30). The molecule has 0 aliphatic carbocycles. The van der Waals surface area contributed by atoms with E-state index in [-0.39, 0.29) is 11.8 Å². The van der Waals surface area contributed by atoms with E-state index in [1.165, 1.54) is 5.56 Å². The smallest absolute Gasteiger partial charge is 0.228 e. The molecule has 160 valence electrons. The fourth-order valence-corrected chi connectivity index (χ4v) is 4.36. The molecule has 1 fully saturated rings. The first-order valence-electron chi connectivity index (χ1n) is 10.7. The van der Waals surface area contributed by atoms with Crippen LogP contribution in [0, 0.1) is 12.8 Å². The second kappa shape index (κ2) is 10.1. The number of anilines is 1. The van der Waals surface area contributed by atoms with Crippen LogP contribution in [0.3, 0.4) is 0 Å². The van der Waals surface area contributed by atoms with Gasteiger partial charge in [-0.15, -0.1) is 0 Å². The number of carbonyl (C=O) groups excluding carboxylic acids is 1. The molecule has 1 atom stereocenters. The van der Waals surface area contributed by atoms with Crippen molar-refractivity contribution >= 4 is 23.4 Å². The molecule has 5 nitrogen and oxygen atoms in total. The summed E-state index contributed by atoms with van der Waals surface area (Å²) >= 11 is 1.54. The van der Waals surface area contributed by atoms with Gasteiger partial charge in [0.15, 0.2) is 5.16 Å². The van der Waals surface area contributed by atoms with Crippen LogP contribution in [0.2, 0.25) is 0 Å². The topological polar surface area (TPSA) is 58.1 Å². The second-order valence-electron chi connectivity index (χ2n) is 8.09. The lowest BCUT2D eigenvalue weighted by Crippen LogP contribution is -2.40. The lowest BCUT2D eigenvalue weighted by atomic mass is 9.96. The van der Waals surface area contributed by atoms with E-state index >= 15 is 0 Å². The van der Waals surface area contributed by atoms with Gasteiger partial charge in [-0.1, -0.05) is 53.7 Å². The average molecular weight is 433 g/mol. The van der Waals surface area contributed by atoms with E-state index in [2.05, 4.69) is 63.5 Å². The van der Waals surface area contributed by atoms with Crippen LogP contribution < -0.4 is 5.32 Å². The highest BCUT2D eigenvalue weighted by molar-refractivity contribution is 7.98. The normalized spacial score (nSPS) is 16.8. The van der Waals surface area contributed by atoms with E-state index in [9.17, 15) is 4.79 Å².